The average molecular weight is 276 g/mol. The van der Waals surface area contributed by atoms with Gasteiger partial charge in [-0.1, -0.05) is 12.1 Å². The van der Waals surface area contributed by atoms with Gasteiger partial charge in [0.1, 0.15) is 5.75 Å². The highest BCUT2D eigenvalue weighted by molar-refractivity contribution is 5.76. The van der Waals surface area contributed by atoms with Gasteiger partial charge < -0.3 is 15.4 Å². The number of hydrogen-bond donors (Lipinski definition) is 2. The molecule has 1 aromatic carbocycles. The molecule has 2 rings (SSSR count). The summed E-state index contributed by atoms with van der Waals surface area (Å²) in [5, 5.41) is 6.36. The normalized spacial score (nSPS) is 15.9. The molecule has 110 valence electrons. The molecule has 0 atom stereocenters. The van der Waals surface area contributed by atoms with Gasteiger partial charge in [-0.2, -0.15) is 0 Å². The number of nitrogens with one attached hydrogen (secondary N) is 2. The minimum atomic E-state index is 0.0854. The van der Waals surface area contributed by atoms with Crippen molar-refractivity contribution in [2.24, 2.45) is 0 Å². The molecular formula is C16H24N2O2. The first-order valence-electron chi connectivity index (χ1n) is 7.36. The Kier molecular flexibility index (Phi) is 5.41. The van der Waals surface area contributed by atoms with Crippen molar-refractivity contribution in [1.29, 1.82) is 0 Å². The molecule has 0 aromatic heterocycles. The maximum atomic E-state index is 11.8. The molecule has 0 unspecified atom stereocenters. The molecule has 1 aliphatic heterocycles. The van der Waals surface area contributed by atoms with Crippen LogP contribution in [0.25, 0.3) is 0 Å². The second-order valence-corrected chi connectivity index (χ2v) is 5.39. The summed E-state index contributed by atoms with van der Waals surface area (Å²) in [6.07, 6.45) is 2.45. The molecule has 1 aromatic rings. The van der Waals surface area contributed by atoms with Crippen molar-refractivity contribution < 1.29 is 9.53 Å². The van der Waals surface area contributed by atoms with Crippen molar-refractivity contribution >= 4 is 5.91 Å². The standard InChI is InChI=1S/C16H24N2O2/c1-12-4-3-5-15(13(12)2)20-11-8-16(19)18-14-6-9-17-10-7-14/h3-5,14,17H,6-11H2,1-2H3,(H,18,19). The summed E-state index contributed by atoms with van der Waals surface area (Å²) in [5.74, 6) is 0.960. The van der Waals surface area contributed by atoms with E-state index in [9.17, 15) is 4.79 Å². The number of piperidine rings is 1. The molecule has 1 heterocycles. The number of amides is 1. The molecular weight excluding hydrogens is 252 g/mol. The van der Waals surface area contributed by atoms with Gasteiger partial charge in [-0.05, 0) is 57.0 Å². The number of benzene rings is 1. The summed E-state index contributed by atoms with van der Waals surface area (Å²) < 4.78 is 5.70. The molecule has 2 N–H and O–H groups in total. The fourth-order valence-electron chi connectivity index (χ4n) is 2.40. The van der Waals surface area contributed by atoms with Crippen LogP contribution >= 0.6 is 0 Å². The quantitative estimate of drug-likeness (QED) is 0.864. The lowest BCUT2D eigenvalue weighted by Crippen LogP contribution is -2.43. The van der Waals surface area contributed by atoms with Gasteiger partial charge in [-0.15, -0.1) is 0 Å². The van der Waals surface area contributed by atoms with E-state index in [0.29, 0.717) is 19.1 Å². The van der Waals surface area contributed by atoms with Gasteiger partial charge in [0, 0.05) is 6.04 Å². The maximum Gasteiger partial charge on any atom is 0.223 e. The Labute approximate surface area is 120 Å². The number of aryl methyl sites for hydroxylation is 1. The van der Waals surface area contributed by atoms with E-state index in [2.05, 4.69) is 23.6 Å². The van der Waals surface area contributed by atoms with Gasteiger partial charge in [0.05, 0.1) is 13.0 Å². The largest absolute Gasteiger partial charge is 0.493 e. The van der Waals surface area contributed by atoms with Crippen LogP contribution in [-0.2, 0) is 4.79 Å². The van der Waals surface area contributed by atoms with E-state index in [1.165, 1.54) is 5.56 Å². The van der Waals surface area contributed by atoms with E-state index < -0.39 is 0 Å². The van der Waals surface area contributed by atoms with Crippen molar-refractivity contribution in [2.45, 2.75) is 39.2 Å². The number of hydrogen-bond acceptors (Lipinski definition) is 3. The predicted molar refractivity (Wildman–Crippen MR) is 80.1 cm³/mol. The van der Waals surface area contributed by atoms with Gasteiger partial charge in [0.15, 0.2) is 0 Å². The zero-order valence-electron chi connectivity index (χ0n) is 12.4. The number of rotatable bonds is 5. The zero-order valence-corrected chi connectivity index (χ0v) is 12.4. The van der Waals surface area contributed by atoms with E-state index in [-0.39, 0.29) is 5.91 Å². The van der Waals surface area contributed by atoms with Crippen LogP contribution in [-0.4, -0.2) is 31.6 Å². The van der Waals surface area contributed by atoms with Crippen LogP contribution in [0.5, 0.6) is 5.75 Å². The van der Waals surface area contributed by atoms with Gasteiger partial charge in [0.25, 0.3) is 0 Å². The third kappa shape index (κ3) is 4.23. The lowest BCUT2D eigenvalue weighted by atomic mass is 10.1. The first kappa shape index (κ1) is 14.9. The van der Waals surface area contributed by atoms with Gasteiger partial charge in [-0.3, -0.25) is 4.79 Å². The maximum absolute atomic E-state index is 11.8. The molecule has 20 heavy (non-hydrogen) atoms. The Hall–Kier alpha value is -1.55. The Morgan fingerprint density at radius 1 is 1.35 bits per heavy atom. The summed E-state index contributed by atoms with van der Waals surface area (Å²) in [7, 11) is 0. The minimum absolute atomic E-state index is 0.0854. The number of carbonyl (C=O) groups excluding carboxylic acids is 1. The molecule has 1 amide bonds. The Morgan fingerprint density at radius 3 is 2.85 bits per heavy atom. The fourth-order valence-corrected chi connectivity index (χ4v) is 2.40. The highest BCUT2D eigenvalue weighted by atomic mass is 16.5. The molecule has 4 heteroatoms. The summed E-state index contributed by atoms with van der Waals surface area (Å²) >= 11 is 0. The predicted octanol–water partition coefficient (Wildman–Crippen LogP) is 1.94. The van der Waals surface area contributed by atoms with Crippen molar-refractivity contribution in [1.82, 2.24) is 10.6 Å². The third-order valence-electron chi connectivity index (χ3n) is 3.85. The van der Waals surface area contributed by atoms with Crippen LogP contribution in [0.3, 0.4) is 0 Å². The van der Waals surface area contributed by atoms with Crippen LogP contribution in [0.15, 0.2) is 18.2 Å². The van der Waals surface area contributed by atoms with E-state index in [0.717, 1.165) is 37.2 Å². The van der Waals surface area contributed by atoms with E-state index in [4.69, 9.17) is 4.74 Å². The van der Waals surface area contributed by atoms with Gasteiger partial charge in [-0.25, -0.2) is 0 Å². The lowest BCUT2D eigenvalue weighted by Gasteiger charge is -2.23. The molecule has 0 radical (unpaired) electrons. The average Bonchev–Trinajstić information content (AvgIpc) is 2.44. The highest BCUT2D eigenvalue weighted by Crippen LogP contribution is 2.20. The molecule has 4 nitrogen and oxygen atoms in total. The van der Waals surface area contributed by atoms with Crippen LogP contribution in [0.2, 0.25) is 0 Å². The molecule has 1 fully saturated rings. The fraction of sp³-hybridized carbons (Fsp3) is 0.562. The van der Waals surface area contributed by atoms with Crippen LogP contribution in [0.4, 0.5) is 0 Å². The van der Waals surface area contributed by atoms with Gasteiger partial charge >= 0.3 is 0 Å². The lowest BCUT2D eigenvalue weighted by molar-refractivity contribution is -0.122. The minimum Gasteiger partial charge on any atom is -0.493 e. The Morgan fingerprint density at radius 2 is 2.10 bits per heavy atom. The van der Waals surface area contributed by atoms with E-state index in [1.54, 1.807) is 0 Å². The molecule has 1 saturated heterocycles. The van der Waals surface area contributed by atoms with Crippen LogP contribution < -0.4 is 15.4 Å². The summed E-state index contributed by atoms with van der Waals surface area (Å²) in [5.41, 5.74) is 2.35. The van der Waals surface area contributed by atoms with Crippen molar-refractivity contribution in [3.8, 4) is 5.75 Å². The third-order valence-corrected chi connectivity index (χ3v) is 3.85. The summed E-state index contributed by atoms with van der Waals surface area (Å²) in [4.78, 5) is 11.8. The van der Waals surface area contributed by atoms with E-state index >= 15 is 0 Å². The molecule has 0 saturated carbocycles. The Balaban J connectivity index is 1.72. The highest BCUT2D eigenvalue weighted by Gasteiger charge is 2.15. The van der Waals surface area contributed by atoms with Crippen LogP contribution in [0.1, 0.15) is 30.4 Å². The SMILES string of the molecule is Cc1cccc(OCCC(=O)NC2CCNCC2)c1C. The summed E-state index contributed by atoms with van der Waals surface area (Å²) in [6.45, 7) is 6.51. The second-order valence-electron chi connectivity index (χ2n) is 5.39. The van der Waals surface area contributed by atoms with Crippen molar-refractivity contribution in [3.63, 3.8) is 0 Å². The zero-order chi connectivity index (χ0) is 14.4. The van der Waals surface area contributed by atoms with Crippen molar-refractivity contribution in [2.75, 3.05) is 19.7 Å². The van der Waals surface area contributed by atoms with Crippen LogP contribution in [0, 0.1) is 13.8 Å². The monoisotopic (exact) mass is 276 g/mol. The molecule has 0 spiro atoms. The molecule has 0 aliphatic carbocycles. The number of ether oxygens (including phenoxy) is 1. The Bertz CT molecular complexity index is 454. The van der Waals surface area contributed by atoms with Gasteiger partial charge in [0.2, 0.25) is 5.91 Å². The summed E-state index contributed by atoms with van der Waals surface area (Å²) in [6, 6.07) is 6.32. The van der Waals surface area contributed by atoms with E-state index in [1.807, 2.05) is 19.1 Å². The second kappa shape index (κ2) is 7.29. The first-order chi connectivity index (χ1) is 9.66. The smallest absolute Gasteiger partial charge is 0.223 e. The first-order valence-corrected chi connectivity index (χ1v) is 7.36. The molecule has 1 aliphatic rings. The van der Waals surface area contributed by atoms with Crippen molar-refractivity contribution in [3.05, 3.63) is 29.3 Å². The molecule has 0 bridgehead atoms. The number of carbonyl (C=O) groups is 1. The topological polar surface area (TPSA) is 50.4 Å².